The van der Waals surface area contributed by atoms with Crippen molar-refractivity contribution in [2.45, 2.75) is 56.6 Å². The Bertz CT molecular complexity index is 192. The Labute approximate surface area is 84.3 Å². The van der Waals surface area contributed by atoms with Gasteiger partial charge in [-0.15, -0.1) is 0 Å². The van der Waals surface area contributed by atoms with Gasteiger partial charge in [0, 0.05) is 10.2 Å². The molecule has 2 aliphatic carbocycles. The van der Waals surface area contributed by atoms with Gasteiger partial charge in [-0.3, -0.25) is 0 Å². The summed E-state index contributed by atoms with van der Waals surface area (Å²) in [6.07, 6.45) is 6.47. The zero-order chi connectivity index (χ0) is 9.69. The van der Waals surface area contributed by atoms with Crippen LogP contribution in [0.1, 0.15) is 46.0 Å². The van der Waals surface area contributed by atoms with Crippen LogP contribution in [-0.2, 0) is 0 Å². The molecule has 0 bridgehead atoms. The largest absolute Gasteiger partial charge is 0.390 e. The highest BCUT2D eigenvalue weighted by Gasteiger charge is 2.58. The molecule has 13 heavy (non-hydrogen) atoms. The second kappa shape index (κ2) is 2.83. The smallest absolute Gasteiger partial charge is 0.0645 e. The van der Waals surface area contributed by atoms with Crippen LogP contribution in [0.4, 0.5) is 0 Å². The first-order valence-corrected chi connectivity index (χ1v) is 6.74. The molecule has 2 rings (SSSR count). The SMILES string of the molecule is CCC(C)(O)C([SiH3])(C1CC1)C1CC1. The fourth-order valence-electron chi connectivity index (χ4n) is 2.96. The second-order valence-corrected chi connectivity index (χ2v) is 7.11. The summed E-state index contributed by atoms with van der Waals surface area (Å²) in [5.74, 6) is 1.75. The zero-order valence-corrected chi connectivity index (χ0v) is 11.1. The molecule has 2 aliphatic rings. The van der Waals surface area contributed by atoms with E-state index in [1.165, 1.54) is 35.9 Å². The third-order valence-electron chi connectivity index (χ3n) is 4.70. The molecule has 76 valence electrons. The number of hydrogen-bond donors (Lipinski definition) is 1. The van der Waals surface area contributed by atoms with Crippen LogP contribution in [0.2, 0.25) is 5.04 Å². The number of rotatable bonds is 4. The molecule has 1 nitrogen and oxygen atoms in total. The Kier molecular flexibility index (Phi) is 2.12. The van der Waals surface area contributed by atoms with Gasteiger partial charge in [0.05, 0.1) is 5.60 Å². The summed E-state index contributed by atoms with van der Waals surface area (Å²) in [6.45, 7) is 4.22. The van der Waals surface area contributed by atoms with Crippen LogP contribution in [0, 0.1) is 11.8 Å². The maximum atomic E-state index is 10.5. The topological polar surface area (TPSA) is 20.2 Å². The van der Waals surface area contributed by atoms with Gasteiger partial charge in [0.25, 0.3) is 0 Å². The minimum Gasteiger partial charge on any atom is -0.390 e. The van der Waals surface area contributed by atoms with Crippen molar-refractivity contribution in [1.29, 1.82) is 0 Å². The lowest BCUT2D eigenvalue weighted by Gasteiger charge is -2.44. The van der Waals surface area contributed by atoms with E-state index in [2.05, 4.69) is 13.8 Å². The van der Waals surface area contributed by atoms with Gasteiger partial charge in [-0.25, -0.2) is 0 Å². The predicted molar refractivity (Wildman–Crippen MR) is 59.0 cm³/mol. The lowest BCUT2D eigenvalue weighted by molar-refractivity contribution is -0.0123. The second-order valence-electron chi connectivity index (χ2n) is 5.46. The fraction of sp³-hybridized carbons (Fsp3) is 1.00. The minimum absolute atomic E-state index is 0.363. The van der Waals surface area contributed by atoms with Crippen LogP contribution in [-0.4, -0.2) is 21.0 Å². The first-order chi connectivity index (χ1) is 6.02. The van der Waals surface area contributed by atoms with E-state index < -0.39 is 0 Å². The van der Waals surface area contributed by atoms with Crippen molar-refractivity contribution >= 4 is 10.2 Å². The Morgan fingerprint density at radius 2 is 1.62 bits per heavy atom. The molecule has 2 saturated carbocycles. The monoisotopic (exact) mass is 198 g/mol. The van der Waals surface area contributed by atoms with Gasteiger partial charge in [-0.2, -0.15) is 0 Å². The van der Waals surface area contributed by atoms with Crippen molar-refractivity contribution in [3.05, 3.63) is 0 Å². The van der Waals surface area contributed by atoms with Gasteiger partial charge in [-0.1, -0.05) is 6.92 Å². The summed E-state index contributed by atoms with van der Waals surface area (Å²) in [5, 5.41) is 10.9. The summed E-state index contributed by atoms with van der Waals surface area (Å²) >= 11 is 0. The maximum Gasteiger partial charge on any atom is 0.0645 e. The van der Waals surface area contributed by atoms with Crippen LogP contribution in [0.3, 0.4) is 0 Å². The molecule has 0 aromatic heterocycles. The summed E-state index contributed by atoms with van der Waals surface area (Å²) < 4.78 is 0. The average molecular weight is 198 g/mol. The zero-order valence-electron chi connectivity index (χ0n) is 9.14. The van der Waals surface area contributed by atoms with Gasteiger partial charge in [0.1, 0.15) is 0 Å². The molecule has 2 fully saturated rings. The third-order valence-corrected chi connectivity index (χ3v) is 7.41. The van der Waals surface area contributed by atoms with Gasteiger partial charge in [0.2, 0.25) is 0 Å². The Morgan fingerprint density at radius 3 is 1.85 bits per heavy atom. The van der Waals surface area contributed by atoms with Gasteiger partial charge >= 0.3 is 0 Å². The van der Waals surface area contributed by atoms with Gasteiger partial charge < -0.3 is 5.11 Å². The van der Waals surface area contributed by atoms with E-state index >= 15 is 0 Å². The van der Waals surface area contributed by atoms with Crippen LogP contribution in [0.5, 0.6) is 0 Å². The molecule has 2 heteroatoms. The summed E-state index contributed by atoms with van der Waals surface area (Å²) in [5.41, 5.74) is -0.373. The first kappa shape index (κ1) is 9.72. The van der Waals surface area contributed by atoms with Crippen molar-refractivity contribution in [2.24, 2.45) is 11.8 Å². The number of aliphatic hydroxyl groups is 1. The molecule has 0 heterocycles. The molecule has 0 aromatic rings. The highest BCUT2D eigenvalue weighted by atomic mass is 28.1. The molecule has 0 radical (unpaired) electrons. The fourth-order valence-corrected chi connectivity index (χ4v) is 4.47. The van der Waals surface area contributed by atoms with Crippen molar-refractivity contribution in [2.75, 3.05) is 0 Å². The molecule has 1 unspecified atom stereocenters. The predicted octanol–water partition coefficient (Wildman–Crippen LogP) is 1.49. The van der Waals surface area contributed by atoms with Crippen molar-refractivity contribution in [3.8, 4) is 0 Å². The Morgan fingerprint density at radius 1 is 1.23 bits per heavy atom. The Hall–Kier alpha value is 0.177. The molecule has 0 spiro atoms. The lowest BCUT2D eigenvalue weighted by atomic mass is 9.78. The molecule has 0 amide bonds. The normalized spacial score (nSPS) is 28.8. The van der Waals surface area contributed by atoms with E-state index in [1.807, 2.05) is 0 Å². The first-order valence-electron chi connectivity index (χ1n) is 5.74. The molecule has 0 aromatic carbocycles. The average Bonchev–Trinajstić information content (AvgIpc) is 2.89. The van der Waals surface area contributed by atoms with E-state index in [1.54, 1.807) is 0 Å². The van der Waals surface area contributed by atoms with Crippen molar-refractivity contribution < 1.29 is 5.11 Å². The molecule has 1 N–H and O–H groups in total. The maximum absolute atomic E-state index is 10.5. The van der Waals surface area contributed by atoms with Crippen LogP contribution < -0.4 is 0 Å². The van der Waals surface area contributed by atoms with E-state index in [0.29, 0.717) is 5.04 Å². The molecular formula is C11H22OSi. The quantitative estimate of drug-likeness (QED) is 0.679. The molecule has 0 aliphatic heterocycles. The summed E-state index contributed by atoms with van der Waals surface area (Å²) in [6, 6.07) is 0. The highest BCUT2D eigenvalue weighted by molar-refractivity contribution is 6.17. The highest BCUT2D eigenvalue weighted by Crippen LogP contribution is 2.66. The van der Waals surface area contributed by atoms with E-state index in [0.717, 1.165) is 18.3 Å². The third kappa shape index (κ3) is 1.38. The standard InChI is InChI=1S/C11H22OSi/c1-3-10(2,12)11(13,8-4-5-8)9-6-7-9/h8-9,12H,3-7H2,1-2,13H3. The van der Waals surface area contributed by atoms with E-state index in [4.69, 9.17) is 0 Å². The summed E-state index contributed by atoms with van der Waals surface area (Å²) in [4.78, 5) is 0. The van der Waals surface area contributed by atoms with E-state index in [9.17, 15) is 5.11 Å². The van der Waals surface area contributed by atoms with Crippen LogP contribution in [0.25, 0.3) is 0 Å². The molecule has 0 saturated heterocycles. The molecule has 1 atom stereocenters. The van der Waals surface area contributed by atoms with Gasteiger partial charge in [0.15, 0.2) is 0 Å². The summed E-state index contributed by atoms with van der Waals surface area (Å²) in [7, 11) is 1.18. The van der Waals surface area contributed by atoms with E-state index in [-0.39, 0.29) is 5.60 Å². The van der Waals surface area contributed by atoms with Crippen LogP contribution in [0.15, 0.2) is 0 Å². The van der Waals surface area contributed by atoms with Crippen molar-refractivity contribution in [3.63, 3.8) is 0 Å². The minimum atomic E-state index is -0.373. The number of hydrogen-bond acceptors (Lipinski definition) is 1. The van der Waals surface area contributed by atoms with Gasteiger partial charge in [-0.05, 0) is 55.9 Å². The molecular weight excluding hydrogens is 176 g/mol. The van der Waals surface area contributed by atoms with Crippen LogP contribution >= 0.6 is 0 Å². The lowest BCUT2D eigenvalue weighted by Crippen LogP contribution is -2.43. The Balaban J connectivity index is 2.20. The van der Waals surface area contributed by atoms with Crippen molar-refractivity contribution in [1.82, 2.24) is 0 Å².